The van der Waals surface area contributed by atoms with Crippen LogP contribution in [0.5, 0.6) is 0 Å². The fraction of sp³-hybridized carbons (Fsp3) is 0.200. The molecule has 0 aliphatic rings. The van der Waals surface area contributed by atoms with E-state index >= 15 is 0 Å². The Balaban J connectivity index is 2.44. The van der Waals surface area contributed by atoms with Gasteiger partial charge in [0.2, 0.25) is 0 Å². The lowest BCUT2D eigenvalue weighted by atomic mass is 9.99. The number of benzene rings is 2. The fourth-order valence-corrected chi connectivity index (χ4v) is 2.51. The average Bonchev–Trinajstić information content (AvgIpc) is 2.35. The maximum absolute atomic E-state index is 10.4. The zero-order chi connectivity index (χ0) is 13.3. The Labute approximate surface area is 121 Å². The molecule has 1 N–H and O–H groups in total. The molecule has 0 amide bonds. The third-order valence-corrected chi connectivity index (χ3v) is 4.52. The van der Waals surface area contributed by atoms with E-state index in [2.05, 4.69) is 15.9 Å². The summed E-state index contributed by atoms with van der Waals surface area (Å²) in [6, 6.07) is 11.5. The Morgan fingerprint density at radius 1 is 1.11 bits per heavy atom. The molecule has 0 aliphatic carbocycles. The molecule has 18 heavy (non-hydrogen) atoms. The third kappa shape index (κ3) is 2.61. The van der Waals surface area contributed by atoms with Crippen molar-refractivity contribution in [3.05, 3.63) is 68.1 Å². The summed E-state index contributed by atoms with van der Waals surface area (Å²) in [5.74, 6) is 0. The molecule has 2 aromatic rings. The van der Waals surface area contributed by atoms with Crippen molar-refractivity contribution in [3.8, 4) is 0 Å². The number of halogens is 2. The molecule has 3 heteroatoms. The molecule has 1 nitrogen and oxygen atoms in total. The van der Waals surface area contributed by atoms with Gasteiger partial charge in [0.1, 0.15) is 6.10 Å². The van der Waals surface area contributed by atoms with Gasteiger partial charge in [-0.1, -0.05) is 57.9 Å². The van der Waals surface area contributed by atoms with Gasteiger partial charge >= 0.3 is 0 Å². The molecule has 0 heterocycles. The van der Waals surface area contributed by atoms with Crippen molar-refractivity contribution in [2.75, 3.05) is 0 Å². The predicted octanol–water partition coefficient (Wildman–Crippen LogP) is 4.80. The highest BCUT2D eigenvalue weighted by molar-refractivity contribution is 9.10. The highest BCUT2D eigenvalue weighted by atomic mass is 79.9. The second-order valence-electron chi connectivity index (χ2n) is 4.39. The lowest BCUT2D eigenvalue weighted by Gasteiger charge is -2.15. The fourth-order valence-electron chi connectivity index (χ4n) is 1.84. The van der Waals surface area contributed by atoms with Gasteiger partial charge in [-0.2, -0.15) is 0 Å². The molecular weight excluding hydrogens is 312 g/mol. The van der Waals surface area contributed by atoms with Crippen LogP contribution in [-0.4, -0.2) is 5.11 Å². The summed E-state index contributed by atoms with van der Waals surface area (Å²) in [5.41, 5.74) is 3.77. The molecule has 1 unspecified atom stereocenters. The molecule has 0 bridgehead atoms. The SMILES string of the molecule is Cc1ccc(C(O)c2cccc(C)c2Br)cc1Cl. The van der Waals surface area contributed by atoms with E-state index in [1.807, 2.05) is 50.2 Å². The van der Waals surface area contributed by atoms with E-state index in [0.717, 1.165) is 26.7 Å². The van der Waals surface area contributed by atoms with Crippen molar-refractivity contribution < 1.29 is 5.11 Å². The first-order chi connectivity index (χ1) is 8.50. The van der Waals surface area contributed by atoms with Crippen molar-refractivity contribution in [1.29, 1.82) is 0 Å². The molecule has 2 aromatic carbocycles. The zero-order valence-corrected chi connectivity index (χ0v) is 12.6. The van der Waals surface area contributed by atoms with Crippen LogP contribution in [0.25, 0.3) is 0 Å². The number of aryl methyl sites for hydroxylation is 2. The largest absolute Gasteiger partial charge is 0.384 e. The van der Waals surface area contributed by atoms with E-state index in [1.165, 1.54) is 0 Å². The van der Waals surface area contributed by atoms with Crippen molar-refractivity contribution in [3.63, 3.8) is 0 Å². The normalized spacial score (nSPS) is 12.5. The summed E-state index contributed by atoms with van der Waals surface area (Å²) < 4.78 is 0.939. The van der Waals surface area contributed by atoms with Gasteiger partial charge in [-0.15, -0.1) is 0 Å². The lowest BCUT2D eigenvalue weighted by molar-refractivity contribution is 0.219. The first-order valence-corrected chi connectivity index (χ1v) is 6.87. The number of hydrogen-bond donors (Lipinski definition) is 1. The summed E-state index contributed by atoms with van der Waals surface area (Å²) in [5, 5.41) is 11.1. The lowest BCUT2D eigenvalue weighted by Crippen LogP contribution is -2.01. The van der Waals surface area contributed by atoms with Gasteiger partial charge in [0.05, 0.1) is 0 Å². The number of aliphatic hydroxyl groups is 1. The van der Waals surface area contributed by atoms with Gasteiger partial charge < -0.3 is 5.11 Å². The van der Waals surface area contributed by atoms with Crippen molar-refractivity contribution in [2.45, 2.75) is 20.0 Å². The topological polar surface area (TPSA) is 20.2 Å². The summed E-state index contributed by atoms with van der Waals surface area (Å²) in [6.45, 7) is 3.95. The first-order valence-electron chi connectivity index (χ1n) is 5.70. The number of aliphatic hydroxyl groups excluding tert-OH is 1. The van der Waals surface area contributed by atoms with Gasteiger partial charge in [-0.05, 0) is 42.2 Å². The Morgan fingerprint density at radius 3 is 2.50 bits per heavy atom. The Morgan fingerprint density at radius 2 is 1.83 bits per heavy atom. The first kappa shape index (κ1) is 13.6. The summed E-state index contributed by atoms with van der Waals surface area (Å²) >= 11 is 9.61. The van der Waals surface area contributed by atoms with Crippen LogP contribution in [-0.2, 0) is 0 Å². The minimum atomic E-state index is -0.669. The van der Waals surface area contributed by atoms with Crippen molar-refractivity contribution >= 4 is 27.5 Å². The highest BCUT2D eigenvalue weighted by Gasteiger charge is 2.15. The molecule has 1 atom stereocenters. The summed E-state index contributed by atoms with van der Waals surface area (Å²) in [4.78, 5) is 0. The monoisotopic (exact) mass is 324 g/mol. The Kier molecular flexibility index (Phi) is 4.10. The van der Waals surface area contributed by atoms with E-state index in [1.54, 1.807) is 0 Å². The molecule has 0 fully saturated rings. The molecule has 0 saturated carbocycles. The van der Waals surface area contributed by atoms with E-state index in [-0.39, 0.29) is 0 Å². The van der Waals surface area contributed by atoms with Crippen LogP contribution >= 0.6 is 27.5 Å². The van der Waals surface area contributed by atoms with Gasteiger partial charge in [0.25, 0.3) is 0 Å². The van der Waals surface area contributed by atoms with Crippen LogP contribution < -0.4 is 0 Å². The van der Waals surface area contributed by atoms with Crippen LogP contribution in [0.15, 0.2) is 40.9 Å². The minimum absolute atomic E-state index is 0.669. The molecule has 2 rings (SSSR count). The van der Waals surface area contributed by atoms with Gasteiger partial charge in [0.15, 0.2) is 0 Å². The number of hydrogen-bond acceptors (Lipinski definition) is 1. The second kappa shape index (κ2) is 5.43. The average molecular weight is 326 g/mol. The maximum Gasteiger partial charge on any atom is 0.105 e. The van der Waals surface area contributed by atoms with Crippen molar-refractivity contribution in [1.82, 2.24) is 0 Å². The minimum Gasteiger partial charge on any atom is -0.384 e. The quantitative estimate of drug-likeness (QED) is 0.841. The zero-order valence-electron chi connectivity index (χ0n) is 10.2. The van der Waals surface area contributed by atoms with Crippen molar-refractivity contribution in [2.24, 2.45) is 0 Å². The molecular formula is C15H14BrClO. The van der Waals surface area contributed by atoms with Gasteiger partial charge in [-0.25, -0.2) is 0 Å². The standard InChI is InChI=1S/C15H14BrClO/c1-9-6-7-11(8-13(9)17)15(18)12-5-3-4-10(2)14(12)16/h3-8,15,18H,1-2H3. The van der Waals surface area contributed by atoms with E-state index in [4.69, 9.17) is 11.6 Å². The van der Waals surface area contributed by atoms with Crippen LogP contribution in [0.4, 0.5) is 0 Å². The van der Waals surface area contributed by atoms with Crippen LogP contribution in [0.1, 0.15) is 28.4 Å². The van der Waals surface area contributed by atoms with E-state index < -0.39 is 6.10 Å². The Hall–Kier alpha value is -0.830. The van der Waals surface area contributed by atoms with Crippen LogP contribution in [0.3, 0.4) is 0 Å². The molecule has 0 radical (unpaired) electrons. The third-order valence-electron chi connectivity index (χ3n) is 3.03. The predicted molar refractivity (Wildman–Crippen MR) is 79.1 cm³/mol. The highest BCUT2D eigenvalue weighted by Crippen LogP contribution is 2.32. The molecule has 0 aliphatic heterocycles. The number of rotatable bonds is 2. The maximum atomic E-state index is 10.4. The second-order valence-corrected chi connectivity index (χ2v) is 5.59. The van der Waals surface area contributed by atoms with Crippen LogP contribution in [0, 0.1) is 13.8 Å². The van der Waals surface area contributed by atoms with Gasteiger partial charge in [-0.3, -0.25) is 0 Å². The van der Waals surface area contributed by atoms with Crippen LogP contribution in [0.2, 0.25) is 5.02 Å². The molecule has 0 spiro atoms. The van der Waals surface area contributed by atoms with E-state index in [0.29, 0.717) is 5.02 Å². The molecule has 94 valence electrons. The van der Waals surface area contributed by atoms with Gasteiger partial charge in [0, 0.05) is 9.50 Å². The summed E-state index contributed by atoms with van der Waals surface area (Å²) in [7, 11) is 0. The smallest absolute Gasteiger partial charge is 0.105 e. The molecule has 0 saturated heterocycles. The summed E-state index contributed by atoms with van der Waals surface area (Å²) in [6.07, 6.45) is -0.669. The van der Waals surface area contributed by atoms with E-state index in [9.17, 15) is 5.11 Å². The Bertz CT molecular complexity index is 581. The molecule has 0 aromatic heterocycles.